The van der Waals surface area contributed by atoms with Gasteiger partial charge in [0, 0.05) is 0 Å². The van der Waals surface area contributed by atoms with E-state index in [1.165, 1.54) is 32.0 Å². The van der Waals surface area contributed by atoms with Crippen molar-refractivity contribution in [2.45, 2.75) is 39.8 Å². The number of carbonyl (C=O) groups is 1. The molecule has 0 saturated heterocycles. The lowest BCUT2D eigenvalue weighted by atomic mass is 10.0. The van der Waals surface area contributed by atoms with E-state index < -0.39 is 23.1 Å². The van der Waals surface area contributed by atoms with Crippen molar-refractivity contribution in [1.82, 2.24) is 19.8 Å². The average Bonchev–Trinajstić information content (AvgIpc) is 2.99. The van der Waals surface area contributed by atoms with Gasteiger partial charge in [-0.2, -0.15) is 9.36 Å². The molecule has 152 valence electrons. The van der Waals surface area contributed by atoms with Crippen LogP contribution in [0.15, 0.2) is 41.2 Å². The summed E-state index contributed by atoms with van der Waals surface area (Å²) in [6.45, 7) is 6.66. The Morgan fingerprint density at radius 2 is 1.79 bits per heavy atom. The van der Waals surface area contributed by atoms with Gasteiger partial charge < -0.3 is 9.84 Å². The maximum absolute atomic E-state index is 13.9. The van der Waals surface area contributed by atoms with Gasteiger partial charge in [-0.15, -0.1) is 0 Å². The third kappa shape index (κ3) is 4.03. The molecule has 0 radical (unpaired) electrons. The number of tetrazole rings is 1. The third-order valence-corrected chi connectivity index (χ3v) is 4.44. The van der Waals surface area contributed by atoms with Gasteiger partial charge in [0.1, 0.15) is 17.3 Å². The average molecular weight is 400 g/mol. The maximum atomic E-state index is 13.9. The van der Waals surface area contributed by atoms with Crippen LogP contribution in [0.3, 0.4) is 0 Å². The lowest BCUT2D eigenvalue weighted by Crippen LogP contribution is -2.38. The first-order valence-corrected chi connectivity index (χ1v) is 8.90. The lowest BCUT2D eigenvalue weighted by molar-refractivity contribution is -0.152. The van der Waals surface area contributed by atoms with Crippen LogP contribution in [0.4, 0.5) is 4.39 Å². The minimum Gasteiger partial charge on any atom is -0.478 e. The quantitative estimate of drug-likeness (QED) is 0.682. The molecule has 8 nitrogen and oxygen atoms in total. The van der Waals surface area contributed by atoms with Gasteiger partial charge >= 0.3 is 11.7 Å². The van der Waals surface area contributed by atoms with Crippen LogP contribution in [-0.2, 0) is 11.3 Å². The van der Waals surface area contributed by atoms with E-state index in [1.54, 1.807) is 32.0 Å². The summed E-state index contributed by atoms with van der Waals surface area (Å²) in [5.41, 5.74) is 0.278. The molecule has 1 aromatic heterocycles. The number of rotatable bonds is 6. The van der Waals surface area contributed by atoms with Crippen molar-refractivity contribution in [3.8, 4) is 11.4 Å². The van der Waals surface area contributed by atoms with E-state index >= 15 is 0 Å². The molecule has 3 rings (SSSR count). The van der Waals surface area contributed by atoms with Crippen LogP contribution in [0.1, 0.15) is 30.5 Å². The molecule has 3 aromatic rings. The Labute approximate surface area is 166 Å². The van der Waals surface area contributed by atoms with Crippen molar-refractivity contribution in [2.75, 3.05) is 0 Å². The zero-order chi connectivity index (χ0) is 21.3. The second-order valence-corrected chi connectivity index (χ2v) is 7.26. The zero-order valence-corrected chi connectivity index (χ0v) is 16.5. The van der Waals surface area contributed by atoms with Crippen LogP contribution in [-0.4, -0.2) is 36.5 Å². The van der Waals surface area contributed by atoms with Crippen LogP contribution >= 0.6 is 0 Å². The lowest BCUT2D eigenvalue weighted by Gasteiger charge is -2.24. The van der Waals surface area contributed by atoms with Gasteiger partial charge in [0.25, 0.3) is 0 Å². The molecule has 9 heteroatoms. The Hall–Kier alpha value is -3.49. The van der Waals surface area contributed by atoms with E-state index in [-0.39, 0.29) is 12.2 Å². The Balaban J connectivity index is 1.90. The summed E-state index contributed by atoms with van der Waals surface area (Å²) in [5.74, 6) is -1.17. The molecule has 0 fully saturated rings. The monoisotopic (exact) mass is 400 g/mol. The summed E-state index contributed by atoms with van der Waals surface area (Å²) in [5, 5.41) is 16.9. The number of hydrogen-bond acceptors (Lipinski definition) is 5. The van der Waals surface area contributed by atoms with Crippen molar-refractivity contribution >= 4 is 5.97 Å². The van der Waals surface area contributed by atoms with E-state index in [0.29, 0.717) is 5.75 Å². The van der Waals surface area contributed by atoms with Gasteiger partial charge in [0.05, 0.1) is 6.54 Å². The maximum Gasteiger partial charge on any atom is 0.368 e. The molecule has 0 amide bonds. The van der Waals surface area contributed by atoms with E-state index in [9.17, 15) is 19.1 Å². The first-order valence-electron chi connectivity index (χ1n) is 8.90. The third-order valence-electron chi connectivity index (χ3n) is 4.44. The fourth-order valence-electron chi connectivity index (χ4n) is 2.91. The minimum atomic E-state index is -1.38. The fraction of sp³-hybridized carbons (Fsp3) is 0.300. The first kappa shape index (κ1) is 20.2. The van der Waals surface area contributed by atoms with E-state index in [4.69, 9.17) is 4.74 Å². The van der Waals surface area contributed by atoms with E-state index in [1.807, 2.05) is 0 Å². The van der Waals surface area contributed by atoms with E-state index in [0.717, 1.165) is 26.1 Å². The van der Waals surface area contributed by atoms with Gasteiger partial charge in [-0.3, -0.25) is 0 Å². The largest absolute Gasteiger partial charge is 0.478 e. The summed E-state index contributed by atoms with van der Waals surface area (Å²) >= 11 is 0. The van der Waals surface area contributed by atoms with Crippen molar-refractivity contribution < 1.29 is 19.0 Å². The van der Waals surface area contributed by atoms with Crippen LogP contribution in [0.25, 0.3) is 5.69 Å². The van der Waals surface area contributed by atoms with Crippen LogP contribution < -0.4 is 10.4 Å². The molecule has 0 unspecified atom stereocenters. The number of aliphatic carboxylic acids is 1. The summed E-state index contributed by atoms with van der Waals surface area (Å²) in [6, 6.07) is 9.39. The molecular weight excluding hydrogens is 379 g/mol. The van der Waals surface area contributed by atoms with Gasteiger partial charge in [-0.25, -0.2) is 14.0 Å². The van der Waals surface area contributed by atoms with Gasteiger partial charge in [-0.1, -0.05) is 24.3 Å². The van der Waals surface area contributed by atoms with Crippen LogP contribution in [0.5, 0.6) is 5.75 Å². The molecular formula is C20H21FN4O4. The van der Waals surface area contributed by atoms with Gasteiger partial charge in [-0.05, 0) is 66.9 Å². The molecule has 1 N–H and O–H groups in total. The van der Waals surface area contributed by atoms with Crippen molar-refractivity contribution in [3.05, 3.63) is 69.4 Å². The Morgan fingerprint density at radius 1 is 1.17 bits per heavy atom. The fourth-order valence-corrected chi connectivity index (χ4v) is 2.91. The number of aromatic nitrogens is 4. The SMILES string of the molecule is Cc1cc(Cn2nnn(-c3ccccc3F)c2=O)cc(C)c1OC(C)(C)C(=O)O. The normalized spacial score (nSPS) is 11.5. The number of aryl methyl sites for hydroxylation is 2. The van der Waals surface area contributed by atoms with Crippen LogP contribution in [0.2, 0.25) is 0 Å². The predicted octanol–water partition coefficient (Wildman–Crippen LogP) is 2.48. The number of ether oxygens (including phenoxy) is 1. The highest BCUT2D eigenvalue weighted by molar-refractivity contribution is 5.77. The molecule has 1 heterocycles. The number of nitrogens with zero attached hydrogens (tertiary/aromatic N) is 4. The van der Waals surface area contributed by atoms with Crippen molar-refractivity contribution in [2.24, 2.45) is 0 Å². The molecule has 0 atom stereocenters. The second kappa shape index (κ2) is 7.50. The Bertz CT molecular complexity index is 1110. The first-order chi connectivity index (χ1) is 13.6. The number of carboxylic acid groups (broad SMARTS) is 1. The van der Waals surface area contributed by atoms with Crippen molar-refractivity contribution in [3.63, 3.8) is 0 Å². The summed E-state index contributed by atoms with van der Waals surface area (Å²) < 4.78 is 21.7. The predicted molar refractivity (Wildman–Crippen MR) is 103 cm³/mol. The van der Waals surface area contributed by atoms with Gasteiger partial charge in [0.2, 0.25) is 0 Å². The molecule has 0 aliphatic carbocycles. The zero-order valence-electron chi connectivity index (χ0n) is 16.5. The highest BCUT2D eigenvalue weighted by Crippen LogP contribution is 2.29. The molecule has 0 bridgehead atoms. The Morgan fingerprint density at radius 3 is 2.38 bits per heavy atom. The number of para-hydroxylation sites is 1. The summed E-state index contributed by atoms with van der Waals surface area (Å²) in [4.78, 5) is 23.9. The molecule has 0 saturated carbocycles. The topological polar surface area (TPSA) is 99.2 Å². The molecule has 0 spiro atoms. The second-order valence-electron chi connectivity index (χ2n) is 7.26. The highest BCUT2D eigenvalue weighted by atomic mass is 19.1. The smallest absolute Gasteiger partial charge is 0.368 e. The Kier molecular flexibility index (Phi) is 5.23. The van der Waals surface area contributed by atoms with Crippen molar-refractivity contribution in [1.29, 1.82) is 0 Å². The van der Waals surface area contributed by atoms with Gasteiger partial charge in [0.15, 0.2) is 5.60 Å². The summed E-state index contributed by atoms with van der Waals surface area (Å²) in [7, 11) is 0. The number of carboxylic acids is 1. The van der Waals surface area contributed by atoms with Crippen LogP contribution in [0, 0.1) is 19.7 Å². The summed E-state index contributed by atoms with van der Waals surface area (Å²) in [6.07, 6.45) is 0. The number of benzene rings is 2. The molecule has 29 heavy (non-hydrogen) atoms. The minimum absolute atomic E-state index is 0.0239. The number of hydrogen-bond donors (Lipinski definition) is 1. The standard InChI is InChI=1S/C20H21FN4O4/c1-12-9-14(10-13(2)17(12)29-20(3,4)18(26)27)11-24-19(28)25(23-22-24)16-8-6-5-7-15(16)21/h5-10H,11H2,1-4H3,(H,26,27). The molecule has 0 aliphatic rings. The van der Waals surface area contributed by atoms with E-state index in [2.05, 4.69) is 10.4 Å². The molecule has 2 aromatic carbocycles. The highest BCUT2D eigenvalue weighted by Gasteiger charge is 2.30. The molecule has 0 aliphatic heterocycles. The number of halogens is 1.